The maximum absolute atomic E-state index is 12.2. The van der Waals surface area contributed by atoms with Crippen molar-refractivity contribution in [3.8, 4) is 0 Å². The van der Waals surface area contributed by atoms with Crippen molar-refractivity contribution in [3.63, 3.8) is 0 Å². The third kappa shape index (κ3) is 2.90. The van der Waals surface area contributed by atoms with E-state index >= 15 is 0 Å². The van der Waals surface area contributed by atoms with Crippen molar-refractivity contribution in [1.29, 1.82) is 0 Å². The summed E-state index contributed by atoms with van der Waals surface area (Å²) in [4.78, 5) is 16.5. The van der Waals surface area contributed by atoms with E-state index in [4.69, 9.17) is 4.74 Å². The zero-order chi connectivity index (χ0) is 14.8. The molecule has 1 N–H and O–H groups in total. The maximum atomic E-state index is 12.2. The van der Waals surface area contributed by atoms with Crippen LogP contribution >= 0.6 is 0 Å². The fourth-order valence-electron chi connectivity index (χ4n) is 2.53. The Morgan fingerprint density at radius 3 is 3.10 bits per heavy atom. The third-order valence-corrected chi connectivity index (χ3v) is 3.76. The van der Waals surface area contributed by atoms with E-state index in [1.807, 2.05) is 10.7 Å². The molecule has 2 aromatic heterocycles. The molecular formula is C15H20N4O2. The van der Waals surface area contributed by atoms with Crippen LogP contribution in [0.4, 0.5) is 0 Å². The number of hydrogen-bond acceptors (Lipinski definition) is 4. The Morgan fingerprint density at radius 2 is 2.38 bits per heavy atom. The Kier molecular flexibility index (Phi) is 3.88. The minimum absolute atomic E-state index is 0.0893. The molecule has 1 saturated heterocycles. The Hall–Kier alpha value is -1.95. The standard InChI is InChI=1S/C15H20N4O2/c1-10(2)19-14-12(8-18-19)5-13(7-16-14)15(20)17-6-11-3-4-21-9-11/h5,7-8,10-11H,3-4,6,9H2,1-2H3,(H,17,20)/t11-/m1/s1. The summed E-state index contributed by atoms with van der Waals surface area (Å²) in [5, 5.41) is 8.15. The molecule has 0 saturated carbocycles. The predicted octanol–water partition coefficient (Wildman–Crippen LogP) is 1.78. The highest BCUT2D eigenvalue weighted by molar-refractivity contribution is 5.96. The van der Waals surface area contributed by atoms with Crippen LogP contribution in [0.1, 0.15) is 36.7 Å². The number of carbonyl (C=O) groups excluding carboxylic acids is 1. The number of aromatic nitrogens is 3. The van der Waals surface area contributed by atoms with Crippen LogP contribution in [0.15, 0.2) is 18.5 Å². The topological polar surface area (TPSA) is 69.0 Å². The normalized spacial score (nSPS) is 18.5. The molecule has 1 aliphatic rings. The molecule has 0 aliphatic carbocycles. The van der Waals surface area contributed by atoms with E-state index in [2.05, 4.69) is 29.2 Å². The second-order valence-electron chi connectivity index (χ2n) is 5.76. The fourth-order valence-corrected chi connectivity index (χ4v) is 2.53. The van der Waals surface area contributed by atoms with Crippen molar-refractivity contribution >= 4 is 16.9 Å². The van der Waals surface area contributed by atoms with Crippen LogP contribution in [0.25, 0.3) is 11.0 Å². The number of hydrogen-bond donors (Lipinski definition) is 1. The summed E-state index contributed by atoms with van der Waals surface area (Å²) in [7, 11) is 0. The number of pyridine rings is 1. The molecule has 0 bridgehead atoms. The molecule has 3 rings (SSSR count). The van der Waals surface area contributed by atoms with Gasteiger partial charge in [0.2, 0.25) is 0 Å². The van der Waals surface area contributed by atoms with Gasteiger partial charge in [0.05, 0.1) is 18.4 Å². The molecule has 1 atom stereocenters. The number of amides is 1. The van der Waals surface area contributed by atoms with E-state index in [0.29, 0.717) is 18.0 Å². The Balaban J connectivity index is 1.72. The van der Waals surface area contributed by atoms with E-state index in [1.165, 1.54) is 0 Å². The molecule has 0 unspecified atom stereocenters. The Labute approximate surface area is 123 Å². The molecule has 0 spiro atoms. The number of rotatable bonds is 4. The quantitative estimate of drug-likeness (QED) is 0.931. The Bertz CT molecular complexity index is 644. The lowest BCUT2D eigenvalue weighted by atomic mass is 10.1. The largest absolute Gasteiger partial charge is 0.381 e. The first kappa shape index (κ1) is 14.0. The summed E-state index contributed by atoms with van der Waals surface area (Å²) in [5.74, 6) is 0.336. The fraction of sp³-hybridized carbons (Fsp3) is 0.533. The highest BCUT2D eigenvalue weighted by Crippen LogP contribution is 2.17. The summed E-state index contributed by atoms with van der Waals surface area (Å²) in [6.07, 6.45) is 4.38. The lowest BCUT2D eigenvalue weighted by molar-refractivity contribution is 0.0945. The highest BCUT2D eigenvalue weighted by atomic mass is 16.5. The first-order valence-corrected chi connectivity index (χ1v) is 7.34. The second kappa shape index (κ2) is 5.81. The Morgan fingerprint density at radius 1 is 1.52 bits per heavy atom. The number of nitrogens with zero attached hydrogens (tertiary/aromatic N) is 3. The van der Waals surface area contributed by atoms with Gasteiger partial charge in [-0.15, -0.1) is 0 Å². The van der Waals surface area contributed by atoms with Gasteiger partial charge < -0.3 is 10.1 Å². The van der Waals surface area contributed by atoms with Crippen LogP contribution in [0.5, 0.6) is 0 Å². The van der Waals surface area contributed by atoms with Gasteiger partial charge in [0.25, 0.3) is 5.91 Å². The van der Waals surface area contributed by atoms with E-state index in [1.54, 1.807) is 12.4 Å². The van der Waals surface area contributed by atoms with E-state index < -0.39 is 0 Å². The van der Waals surface area contributed by atoms with Crippen molar-refractivity contribution in [2.24, 2.45) is 5.92 Å². The van der Waals surface area contributed by atoms with Crippen LogP contribution in [0.3, 0.4) is 0 Å². The number of ether oxygens (including phenoxy) is 1. The van der Waals surface area contributed by atoms with Gasteiger partial charge >= 0.3 is 0 Å². The van der Waals surface area contributed by atoms with Crippen LogP contribution in [-0.4, -0.2) is 40.4 Å². The first-order chi connectivity index (χ1) is 10.1. The summed E-state index contributed by atoms with van der Waals surface area (Å²) < 4.78 is 7.16. The molecule has 0 radical (unpaired) electrons. The van der Waals surface area contributed by atoms with Crippen molar-refractivity contribution < 1.29 is 9.53 Å². The van der Waals surface area contributed by atoms with Gasteiger partial charge in [-0.1, -0.05) is 0 Å². The van der Waals surface area contributed by atoms with Crippen LogP contribution < -0.4 is 5.32 Å². The SMILES string of the molecule is CC(C)n1ncc2cc(C(=O)NC[C@H]3CCOC3)cnc21. The summed E-state index contributed by atoms with van der Waals surface area (Å²) in [5.41, 5.74) is 1.38. The van der Waals surface area contributed by atoms with Gasteiger partial charge in [-0.25, -0.2) is 9.67 Å². The predicted molar refractivity (Wildman–Crippen MR) is 79.2 cm³/mol. The second-order valence-corrected chi connectivity index (χ2v) is 5.76. The molecule has 3 heterocycles. The van der Waals surface area contributed by atoms with Crippen LogP contribution in [0, 0.1) is 5.92 Å². The van der Waals surface area contributed by atoms with E-state index in [9.17, 15) is 4.79 Å². The lowest BCUT2D eigenvalue weighted by Crippen LogP contribution is -2.29. The summed E-state index contributed by atoms with van der Waals surface area (Å²) in [6.45, 7) is 6.29. The summed E-state index contributed by atoms with van der Waals surface area (Å²) >= 11 is 0. The molecule has 0 aromatic carbocycles. The smallest absolute Gasteiger partial charge is 0.252 e. The van der Waals surface area contributed by atoms with Crippen LogP contribution in [-0.2, 0) is 4.74 Å². The maximum Gasteiger partial charge on any atom is 0.252 e. The highest BCUT2D eigenvalue weighted by Gasteiger charge is 2.17. The average Bonchev–Trinajstić information content (AvgIpc) is 3.13. The van der Waals surface area contributed by atoms with Gasteiger partial charge in [0.1, 0.15) is 0 Å². The molecule has 2 aromatic rings. The van der Waals surface area contributed by atoms with E-state index in [0.717, 1.165) is 30.7 Å². The van der Waals surface area contributed by atoms with E-state index in [-0.39, 0.29) is 11.9 Å². The molecule has 1 amide bonds. The van der Waals surface area contributed by atoms with Gasteiger partial charge in [-0.2, -0.15) is 5.10 Å². The molecule has 1 aliphatic heterocycles. The number of carbonyl (C=O) groups is 1. The van der Waals surface area contributed by atoms with Gasteiger partial charge in [0.15, 0.2) is 5.65 Å². The molecular weight excluding hydrogens is 268 g/mol. The van der Waals surface area contributed by atoms with Crippen molar-refractivity contribution in [3.05, 3.63) is 24.0 Å². The zero-order valence-electron chi connectivity index (χ0n) is 12.4. The molecule has 112 valence electrons. The summed E-state index contributed by atoms with van der Waals surface area (Å²) in [6, 6.07) is 2.09. The first-order valence-electron chi connectivity index (χ1n) is 7.34. The van der Waals surface area contributed by atoms with Crippen LogP contribution in [0.2, 0.25) is 0 Å². The van der Waals surface area contributed by atoms with Gasteiger partial charge in [-0.3, -0.25) is 4.79 Å². The van der Waals surface area contributed by atoms with Gasteiger partial charge in [0, 0.05) is 36.7 Å². The minimum atomic E-state index is -0.0893. The van der Waals surface area contributed by atoms with Crippen molar-refractivity contribution in [2.45, 2.75) is 26.3 Å². The number of nitrogens with one attached hydrogen (secondary N) is 1. The minimum Gasteiger partial charge on any atom is -0.381 e. The monoisotopic (exact) mass is 288 g/mol. The third-order valence-electron chi connectivity index (χ3n) is 3.76. The number of fused-ring (bicyclic) bond motifs is 1. The average molecular weight is 288 g/mol. The van der Waals surface area contributed by atoms with Gasteiger partial charge in [-0.05, 0) is 26.3 Å². The molecule has 1 fully saturated rings. The zero-order valence-corrected chi connectivity index (χ0v) is 12.4. The van der Waals surface area contributed by atoms with Crippen molar-refractivity contribution in [1.82, 2.24) is 20.1 Å². The molecule has 6 nitrogen and oxygen atoms in total. The lowest BCUT2D eigenvalue weighted by Gasteiger charge is -2.10. The molecule has 6 heteroatoms. The molecule has 21 heavy (non-hydrogen) atoms. The van der Waals surface area contributed by atoms with Crippen molar-refractivity contribution in [2.75, 3.05) is 19.8 Å².